The van der Waals surface area contributed by atoms with Crippen molar-refractivity contribution >= 4 is 22.4 Å². The highest BCUT2D eigenvalue weighted by Gasteiger charge is 2.26. The van der Waals surface area contributed by atoms with Crippen molar-refractivity contribution in [3.8, 4) is 5.75 Å². The highest BCUT2D eigenvalue weighted by molar-refractivity contribution is 7.86. The molecule has 1 aromatic rings. The molecule has 2 unspecified atom stereocenters. The summed E-state index contributed by atoms with van der Waals surface area (Å²) >= 11 is 0. The molecule has 0 heterocycles. The van der Waals surface area contributed by atoms with Gasteiger partial charge in [0.05, 0.1) is 22.3 Å². The smallest absolute Gasteiger partial charge is 0.238 e. The van der Waals surface area contributed by atoms with E-state index in [1.165, 1.54) is 0 Å². The van der Waals surface area contributed by atoms with Gasteiger partial charge in [0.2, 0.25) is 5.91 Å². The molecule has 0 radical (unpaired) electrons. The maximum atomic E-state index is 12.6. The van der Waals surface area contributed by atoms with Crippen molar-refractivity contribution in [2.45, 2.75) is 37.8 Å². The number of amides is 1. The number of nitrogens with two attached hydrogens (primary N) is 1. The van der Waals surface area contributed by atoms with E-state index in [0.717, 1.165) is 0 Å². The molecule has 1 amide bonds. The van der Waals surface area contributed by atoms with Crippen LogP contribution in [0.15, 0.2) is 23.1 Å². The highest BCUT2D eigenvalue weighted by Crippen LogP contribution is 2.25. The van der Waals surface area contributed by atoms with Crippen LogP contribution in [0.4, 0.5) is 5.69 Å². The van der Waals surface area contributed by atoms with E-state index in [2.05, 4.69) is 0 Å². The van der Waals surface area contributed by atoms with Crippen molar-refractivity contribution < 1.29 is 13.7 Å². The van der Waals surface area contributed by atoms with Crippen molar-refractivity contribution in [2.24, 2.45) is 0 Å². The molecule has 0 saturated carbocycles. The van der Waals surface area contributed by atoms with Gasteiger partial charge in [-0.25, -0.2) is 0 Å². The van der Waals surface area contributed by atoms with Gasteiger partial charge in [-0.15, -0.1) is 0 Å². The maximum Gasteiger partial charge on any atom is 0.238 e. The molecule has 0 aliphatic carbocycles. The predicted octanol–water partition coefficient (Wildman–Crippen LogP) is 2.03. The zero-order valence-corrected chi connectivity index (χ0v) is 13.9. The van der Waals surface area contributed by atoms with Gasteiger partial charge in [0.1, 0.15) is 11.0 Å². The quantitative estimate of drug-likeness (QED) is 0.782. The zero-order chi connectivity index (χ0) is 16.0. The van der Waals surface area contributed by atoms with Crippen LogP contribution in [-0.2, 0) is 15.6 Å². The number of carbonyl (C=O) groups is 1. The second-order valence-corrected chi connectivity index (χ2v) is 6.32. The molecule has 0 aliphatic heterocycles. The Morgan fingerprint density at radius 2 is 1.95 bits per heavy atom. The van der Waals surface area contributed by atoms with E-state index in [-0.39, 0.29) is 5.91 Å². The van der Waals surface area contributed by atoms with Crippen LogP contribution in [0.2, 0.25) is 0 Å². The van der Waals surface area contributed by atoms with Gasteiger partial charge < -0.3 is 15.4 Å². The minimum absolute atomic E-state index is 0.125. The van der Waals surface area contributed by atoms with Gasteiger partial charge in [-0.05, 0) is 45.9 Å². The third kappa shape index (κ3) is 4.20. The van der Waals surface area contributed by atoms with E-state index in [9.17, 15) is 9.00 Å². The van der Waals surface area contributed by atoms with E-state index >= 15 is 0 Å². The lowest BCUT2D eigenvalue weighted by Crippen LogP contribution is -2.39. The van der Waals surface area contributed by atoms with Gasteiger partial charge in [-0.1, -0.05) is 0 Å². The lowest BCUT2D eigenvalue weighted by atomic mass is 10.3. The number of hydrogen-bond donors (Lipinski definition) is 1. The highest BCUT2D eigenvalue weighted by atomic mass is 32.2. The summed E-state index contributed by atoms with van der Waals surface area (Å²) in [7, 11) is -1.50. The van der Waals surface area contributed by atoms with E-state index < -0.39 is 16.0 Å². The fourth-order valence-electron chi connectivity index (χ4n) is 2.02. The molecule has 21 heavy (non-hydrogen) atoms. The summed E-state index contributed by atoms with van der Waals surface area (Å²) in [6.07, 6.45) is 0. The first-order chi connectivity index (χ1) is 9.96. The number of nitrogens with zero attached hydrogens (tertiary/aromatic N) is 1. The molecule has 0 spiro atoms. The summed E-state index contributed by atoms with van der Waals surface area (Å²) < 4.78 is 18.0. The van der Waals surface area contributed by atoms with Gasteiger partial charge in [0.25, 0.3) is 0 Å². The molecule has 0 saturated heterocycles. The summed E-state index contributed by atoms with van der Waals surface area (Å²) in [5.74, 6) is 0.483. The van der Waals surface area contributed by atoms with Gasteiger partial charge in [0.15, 0.2) is 0 Å². The van der Waals surface area contributed by atoms with Crippen LogP contribution >= 0.6 is 0 Å². The van der Waals surface area contributed by atoms with E-state index in [1.807, 2.05) is 20.8 Å². The molecule has 2 atom stereocenters. The number of benzene rings is 1. The second-order valence-electron chi connectivity index (χ2n) is 4.58. The topological polar surface area (TPSA) is 72.6 Å². The molecule has 0 aromatic heterocycles. The standard InChI is InChI=1S/C15H24N2O3S/c1-5-17(6-2)15(18)11(4)21(19)14-10-12(20-7-3)8-9-13(14)16/h8-11H,5-7,16H2,1-4H3. The van der Waals surface area contributed by atoms with Crippen molar-refractivity contribution in [2.75, 3.05) is 25.4 Å². The number of nitrogen functional groups attached to an aromatic ring is 1. The van der Waals surface area contributed by atoms with Crippen LogP contribution < -0.4 is 10.5 Å². The predicted molar refractivity (Wildman–Crippen MR) is 85.8 cm³/mol. The van der Waals surface area contributed by atoms with Gasteiger partial charge in [-0.2, -0.15) is 0 Å². The lowest BCUT2D eigenvalue weighted by molar-refractivity contribution is -0.129. The van der Waals surface area contributed by atoms with Crippen molar-refractivity contribution in [3.05, 3.63) is 18.2 Å². The Hall–Kier alpha value is -1.56. The van der Waals surface area contributed by atoms with Gasteiger partial charge in [-0.3, -0.25) is 9.00 Å². The Morgan fingerprint density at radius 3 is 2.48 bits per heavy atom. The molecule has 0 aliphatic rings. The van der Waals surface area contributed by atoms with Gasteiger partial charge in [0, 0.05) is 18.8 Å². The maximum absolute atomic E-state index is 12.6. The molecule has 6 heteroatoms. The fraction of sp³-hybridized carbons (Fsp3) is 0.533. The van der Waals surface area contributed by atoms with Crippen molar-refractivity contribution in [1.29, 1.82) is 0 Å². The SMILES string of the molecule is CCOc1ccc(N)c(S(=O)C(C)C(=O)N(CC)CC)c1. The molecule has 0 fully saturated rings. The van der Waals surface area contributed by atoms with Crippen LogP contribution in [-0.4, -0.2) is 40.0 Å². The number of anilines is 1. The molecule has 2 N–H and O–H groups in total. The van der Waals surface area contributed by atoms with Crippen molar-refractivity contribution in [1.82, 2.24) is 4.90 Å². The van der Waals surface area contributed by atoms with E-state index in [1.54, 1.807) is 30.0 Å². The van der Waals surface area contributed by atoms with Crippen LogP contribution in [0.25, 0.3) is 0 Å². The first-order valence-electron chi connectivity index (χ1n) is 7.17. The molecular weight excluding hydrogens is 288 g/mol. The third-order valence-electron chi connectivity index (χ3n) is 3.26. The summed E-state index contributed by atoms with van der Waals surface area (Å²) in [5.41, 5.74) is 6.31. The lowest BCUT2D eigenvalue weighted by Gasteiger charge is -2.23. The number of ether oxygens (including phenoxy) is 1. The fourth-order valence-corrected chi connectivity index (χ4v) is 3.27. The summed E-state index contributed by atoms with van der Waals surface area (Å²) in [6.45, 7) is 9.08. The Bertz CT molecular complexity index is 516. The monoisotopic (exact) mass is 312 g/mol. The Kier molecular flexibility index (Phi) is 6.68. The van der Waals surface area contributed by atoms with Crippen LogP contribution in [0.3, 0.4) is 0 Å². The first kappa shape index (κ1) is 17.5. The van der Waals surface area contributed by atoms with Gasteiger partial charge >= 0.3 is 0 Å². The summed E-state index contributed by atoms with van der Waals surface area (Å²) in [5, 5.41) is -0.635. The molecule has 1 rings (SSSR count). The Balaban J connectivity index is 3.01. The zero-order valence-electron chi connectivity index (χ0n) is 13.1. The Labute approximate surface area is 128 Å². The number of rotatable bonds is 7. The molecular formula is C15H24N2O3S. The molecule has 1 aromatic carbocycles. The minimum Gasteiger partial charge on any atom is -0.494 e. The van der Waals surface area contributed by atoms with Crippen molar-refractivity contribution in [3.63, 3.8) is 0 Å². The molecule has 0 bridgehead atoms. The largest absolute Gasteiger partial charge is 0.494 e. The number of carbonyl (C=O) groups excluding carboxylic acids is 1. The van der Waals surface area contributed by atoms with Crippen LogP contribution in [0.5, 0.6) is 5.75 Å². The summed E-state index contributed by atoms with van der Waals surface area (Å²) in [4.78, 5) is 14.4. The second kappa shape index (κ2) is 8.02. The Morgan fingerprint density at radius 1 is 1.33 bits per heavy atom. The minimum atomic E-state index is -1.50. The van der Waals surface area contributed by atoms with E-state index in [4.69, 9.17) is 10.5 Å². The average Bonchev–Trinajstić information content (AvgIpc) is 2.49. The summed E-state index contributed by atoms with van der Waals surface area (Å²) in [6, 6.07) is 5.05. The third-order valence-corrected chi connectivity index (χ3v) is 4.89. The normalized spacial score (nSPS) is 13.5. The van der Waals surface area contributed by atoms with Crippen LogP contribution in [0.1, 0.15) is 27.7 Å². The van der Waals surface area contributed by atoms with Crippen LogP contribution in [0, 0.1) is 0 Å². The first-order valence-corrected chi connectivity index (χ1v) is 8.39. The van der Waals surface area contributed by atoms with E-state index in [0.29, 0.717) is 36.0 Å². The number of hydrogen-bond acceptors (Lipinski definition) is 4. The molecule has 118 valence electrons. The molecule has 5 nitrogen and oxygen atoms in total. The average molecular weight is 312 g/mol.